The van der Waals surface area contributed by atoms with Crippen LogP contribution in [0.15, 0.2) is 0 Å². The molecule has 9 heavy (non-hydrogen) atoms. The first-order chi connectivity index (χ1) is 4.45. The molecular weight excluding hydrogens is 124 g/mol. The molecule has 0 aromatic rings. The van der Waals surface area contributed by atoms with Crippen molar-refractivity contribution in [3.05, 3.63) is 0 Å². The van der Waals surface area contributed by atoms with Crippen LogP contribution in [0.3, 0.4) is 0 Å². The minimum atomic E-state index is -2.01. The fourth-order valence-electron chi connectivity index (χ4n) is 0.151. The van der Waals surface area contributed by atoms with E-state index in [2.05, 4.69) is 5.11 Å². The maximum Gasteiger partial charge on any atom is 0.343 e. The Morgan fingerprint density at radius 1 is 1.67 bits per heavy atom. The van der Waals surface area contributed by atoms with E-state index in [4.69, 9.17) is 6.54 Å². The standard InChI is InChI=1S/C5H8O4/c1-3(6)5(2,9)4(7)8/h9H,1-2H3,(H,7,8)/i9D. The van der Waals surface area contributed by atoms with E-state index in [1.54, 1.807) is 0 Å². The van der Waals surface area contributed by atoms with Crippen molar-refractivity contribution < 1.29 is 19.8 Å². The minimum Gasteiger partial charge on any atom is -0.479 e. The van der Waals surface area contributed by atoms with E-state index >= 15 is 0 Å². The third-order valence-corrected chi connectivity index (χ3v) is 1.08. The first-order valence-corrected chi connectivity index (χ1v) is 2.34. The van der Waals surface area contributed by atoms with Gasteiger partial charge in [-0.15, -0.1) is 0 Å². The van der Waals surface area contributed by atoms with Crippen molar-refractivity contribution in [1.82, 2.24) is 0 Å². The molecule has 0 aliphatic rings. The lowest BCUT2D eigenvalue weighted by molar-refractivity contribution is -0.162. The van der Waals surface area contributed by atoms with E-state index < -0.39 is 17.4 Å². The Labute approximate surface area is 53.6 Å². The summed E-state index contributed by atoms with van der Waals surface area (Å²) in [5.41, 5.74) is -2.01. The van der Waals surface area contributed by atoms with Crippen LogP contribution >= 0.6 is 0 Å². The summed E-state index contributed by atoms with van der Waals surface area (Å²) in [5, 5.41) is 12.1. The SMILES string of the molecule is [2H]OC(C)(C(C)=O)C(=O)O. The maximum absolute atomic E-state index is 10.5. The van der Waals surface area contributed by atoms with E-state index in [0.29, 0.717) is 0 Å². The lowest BCUT2D eigenvalue weighted by Gasteiger charge is -2.11. The highest BCUT2D eigenvalue weighted by atomic mass is 16.4. The van der Waals surface area contributed by atoms with E-state index in [0.717, 1.165) is 13.8 Å². The zero-order valence-electron chi connectivity index (χ0n) is 6.17. The number of carboxylic acids is 1. The van der Waals surface area contributed by atoms with E-state index in [1.807, 2.05) is 0 Å². The van der Waals surface area contributed by atoms with Gasteiger partial charge in [-0.25, -0.2) is 4.79 Å². The van der Waals surface area contributed by atoms with Crippen molar-refractivity contribution in [2.24, 2.45) is 0 Å². The molecule has 52 valence electrons. The number of carbonyl (C=O) groups excluding carboxylic acids is 1. The normalized spacial score (nSPS) is 17.8. The Bertz CT molecular complexity index is 151. The Morgan fingerprint density at radius 2 is 2.11 bits per heavy atom. The van der Waals surface area contributed by atoms with E-state index in [-0.39, 0.29) is 0 Å². The summed E-state index contributed by atoms with van der Waals surface area (Å²) >= 11 is 0. The molecule has 0 rings (SSSR count). The predicted octanol–water partition coefficient (Wildman–Crippen LogP) is -0.589. The number of hydrogen-bond acceptors (Lipinski definition) is 3. The highest BCUT2D eigenvalue weighted by molar-refractivity contribution is 6.04. The van der Waals surface area contributed by atoms with E-state index in [9.17, 15) is 9.59 Å². The second-order valence-electron chi connectivity index (χ2n) is 1.89. The third kappa shape index (κ3) is 1.50. The summed E-state index contributed by atoms with van der Waals surface area (Å²) in [6.45, 7) is 2.09. The summed E-state index contributed by atoms with van der Waals surface area (Å²) in [6, 6.07) is 0. The maximum atomic E-state index is 10.5. The molecular formula is C5H8O4. The highest BCUT2D eigenvalue weighted by Gasteiger charge is 2.35. The molecule has 0 bridgehead atoms. The Balaban J connectivity index is 4.55. The highest BCUT2D eigenvalue weighted by Crippen LogP contribution is 2.03. The molecule has 0 saturated carbocycles. The fraction of sp³-hybridized carbons (Fsp3) is 0.600. The molecule has 2 N–H and O–H groups in total. The summed E-state index contributed by atoms with van der Waals surface area (Å²) < 4.78 is 6.32. The molecule has 4 heteroatoms. The second-order valence-corrected chi connectivity index (χ2v) is 1.89. The molecule has 0 aromatic carbocycles. The van der Waals surface area contributed by atoms with Crippen LogP contribution < -0.4 is 0 Å². The molecule has 1 atom stereocenters. The smallest absolute Gasteiger partial charge is 0.343 e. The molecule has 0 aromatic heterocycles. The molecule has 0 aliphatic carbocycles. The van der Waals surface area contributed by atoms with Gasteiger partial charge < -0.3 is 10.2 Å². The molecule has 4 nitrogen and oxygen atoms in total. The van der Waals surface area contributed by atoms with Gasteiger partial charge in [0.05, 0.1) is 0 Å². The van der Waals surface area contributed by atoms with Crippen molar-refractivity contribution in [1.29, 1.82) is 1.43 Å². The summed E-state index contributed by atoms with van der Waals surface area (Å²) in [4.78, 5) is 20.7. The van der Waals surface area contributed by atoms with Crippen LogP contribution in [0.25, 0.3) is 0 Å². The van der Waals surface area contributed by atoms with Crippen LogP contribution in [0.4, 0.5) is 0 Å². The number of rotatable bonds is 3. The first kappa shape index (κ1) is 6.22. The van der Waals surface area contributed by atoms with Crippen molar-refractivity contribution in [3.63, 3.8) is 0 Å². The third-order valence-electron chi connectivity index (χ3n) is 1.08. The zero-order chi connectivity index (χ0) is 8.36. The Hall–Kier alpha value is -0.900. The molecule has 0 fully saturated rings. The quantitative estimate of drug-likeness (QED) is 0.504. The average Bonchev–Trinajstić information content (AvgIpc) is 1.85. The fourth-order valence-corrected chi connectivity index (χ4v) is 0.151. The molecule has 1 unspecified atom stereocenters. The molecule has 0 heterocycles. The summed E-state index contributed by atoms with van der Waals surface area (Å²) in [6.07, 6.45) is 0. The number of Topliss-reactive ketones (excluding diaryl/α,β-unsaturated/α-hetero) is 1. The lowest BCUT2D eigenvalue weighted by Crippen LogP contribution is -2.41. The first-order valence-electron chi connectivity index (χ1n) is 2.74. The van der Waals surface area contributed by atoms with Gasteiger partial charge in [-0.3, -0.25) is 4.79 Å². The zero-order valence-corrected chi connectivity index (χ0v) is 5.17. The molecule has 0 aliphatic heterocycles. The monoisotopic (exact) mass is 133 g/mol. The molecule has 0 radical (unpaired) electrons. The van der Waals surface area contributed by atoms with Crippen LogP contribution in [0.5, 0.6) is 0 Å². The number of ketones is 1. The van der Waals surface area contributed by atoms with Gasteiger partial charge in [-0.2, -0.15) is 0 Å². The van der Waals surface area contributed by atoms with Crippen LogP contribution in [-0.4, -0.2) is 29.0 Å². The average molecular weight is 133 g/mol. The lowest BCUT2D eigenvalue weighted by atomic mass is 10.0. The van der Waals surface area contributed by atoms with Crippen molar-refractivity contribution in [2.75, 3.05) is 0 Å². The molecule has 0 amide bonds. The molecule has 0 saturated heterocycles. The number of carbonyl (C=O) groups is 2. The second kappa shape index (κ2) is 2.14. The summed E-state index contributed by atoms with van der Waals surface area (Å²) in [7, 11) is 0. The topological polar surface area (TPSA) is 74.6 Å². The van der Waals surface area contributed by atoms with Gasteiger partial charge in [0.25, 0.3) is 0 Å². The van der Waals surface area contributed by atoms with Gasteiger partial charge in [0.15, 0.2) is 5.78 Å². The van der Waals surface area contributed by atoms with Gasteiger partial charge in [0.2, 0.25) is 7.03 Å². The number of aliphatic carboxylic acids is 1. The van der Waals surface area contributed by atoms with E-state index in [1.165, 1.54) is 0 Å². The van der Waals surface area contributed by atoms with Gasteiger partial charge >= 0.3 is 5.97 Å². The van der Waals surface area contributed by atoms with Crippen LogP contribution in [0, 0.1) is 0 Å². The molecule has 0 spiro atoms. The van der Waals surface area contributed by atoms with Crippen molar-refractivity contribution >= 4 is 11.8 Å². The van der Waals surface area contributed by atoms with Gasteiger partial charge in [0.1, 0.15) is 0 Å². The predicted molar refractivity (Wildman–Crippen MR) is 28.9 cm³/mol. The Morgan fingerprint density at radius 3 is 2.11 bits per heavy atom. The van der Waals surface area contributed by atoms with Gasteiger partial charge in [-0.05, 0) is 13.8 Å². The Kier molecular flexibility index (Phi) is 1.48. The van der Waals surface area contributed by atoms with Crippen LogP contribution in [-0.2, 0) is 9.59 Å². The number of hydrogen-bond donors (Lipinski definition) is 2. The number of carboxylic acid groups (broad SMARTS) is 1. The van der Waals surface area contributed by atoms with Crippen molar-refractivity contribution in [2.45, 2.75) is 19.4 Å². The summed E-state index contributed by atoms with van der Waals surface area (Å²) in [5.74, 6) is -2.15. The van der Waals surface area contributed by atoms with Crippen molar-refractivity contribution in [3.8, 4) is 0 Å². The van der Waals surface area contributed by atoms with Gasteiger partial charge in [-0.1, -0.05) is 0 Å². The largest absolute Gasteiger partial charge is 0.479 e. The van der Waals surface area contributed by atoms with Crippen LogP contribution in [0.1, 0.15) is 13.8 Å². The minimum absolute atomic E-state index is 0.699. The number of aliphatic hydroxyl groups is 1. The van der Waals surface area contributed by atoms with Crippen LogP contribution in [0.2, 0.25) is 0 Å². The van der Waals surface area contributed by atoms with Gasteiger partial charge in [0, 0.05) is 0 Å².